The lowest BCUT2D eigenvalue weighted by molar-refractivity contribution is -0.0721. The Labute approximate surface area is 151 Å². The number of nitrogens with one attached hydrogen (secondary N) is 1. The Morgan fingerprint density at radius 3 is 2.67 bits per heavy atom. The Morgan fingerprint density at radius 2 is 1.96 bits per heavy atom. The second kappa shape index (κ2) is 5.51. The zero-order valence-corrected chi connectivity index (χ0v) is 14.7. The summed E-state index contributed by atoms with van der Waals surface area (Å²) >= 11 is 5.93. The van der Waals surface area contributed by atoms with E-state index in [0.717, 1.165) is 42.1 Å². The van der Waals surface area contributed by atoms with Gasteiger partial charge in [0, 0.05) is 18.7 Å². The number of rotatable bonds is 2. The predicted molar refractivity (Wildman–Crippen MR) is 94.1 cm³/mol. The van der Waals surface area contributed by atoms with Gasteiger partial charge in [-0.15, -0.1) is 12.4 Å². The highest BCUT2D eigenvalue weighted by atomic mass is 35.5. The third-order valence-electron chi connectivity index (χ3n) is 5.25. The van der Waals surface area contributed by atoms with Gasteiger partial charge in [-0.05, 0) is 49.0 Å². The summed E-state index contributed by atoms with van der Waals surface area (Å²) in [5, 5.41) is 4.05. The van der Waals surface area contributed by atoms with Crippen molar-refractivity contribution < 1.29 is 9.47 Å². The van der Waals surface area contributed by atoms with E-state index in [1.54, 1.807) is 6.20 Å². The molecule has 2 aromatic rings. The molecule has 0 bridgehead atoms. The molecule has 5 rings (SSSR count). The summed E-state index contributed by atoms with van der Waals surface area (Å²) in [6.45, 7) is 4.12. The van der Waals surface area contributed by atoms with Crippen LogP contribution in [-0.4, -0.2) is 18.1 Å². The van der Waals surface area contributed by atoms with Crippen LogP contribution in [0.4, 0.5) is 0 Å². The number of halogens is 2. The van der Waals surface area contributed by atoms with Crippen molar-refractivity contribution in [2.75, 3.05) is 13.1 Å². The highest BCUT2D eigenvalue weighted by molar-refractivity contribution is 6.30. The topological polar surface area (TPSA) is 43.4 Å². The summed E-state index contributed by atoms with van der Waals surface area (Å²) in [6, 6.07) is 9.86. The van der Waals surface area contributed by atoms with Crippen molar-refractivity contribution in [2.24, 2.45) is 11.8 Å². The fourth-order valence-corrected chi connectivity index (χ4v) is 4.15. The standard InChI is InChI=1S/C18H17ClN2O2.ClH/c1-18(15-6-5-10(19)7-21-15)22-14-4-2-3-11(17(14)23-18)16-12-8-20-9-13(12)16;/h2-7,12-13,16,20H,8-9H2,1H3;1H. The minimum atomic E-state index is -0.898. The maximum Gasteiger partial charge on any atom is 0.292 e. The minimum Gasteiger partial charge on any atom is -0.443 e. The largest absolute Gasteiger partial charge is 0.443 e. The van der Waals surface area contributed by atoms with Gasteiger partial charge in [-0.25, -0.2) is 0 Å². The van der Waals surface area contributed by atoms with Gasteiger partial charge in [0.15, 0.2) is 11.5 Å². The number of nitrogens with zero attached hydrogens (tertiary/aromatic N) is 1. The normalized spacial score (nSPS) is 32.2. The molecule has 0 spiro atoms. The second-order valence-electron chi connectivity index (χ2n) is 6.70. The van der Waals surface area contributed by atoms with Crippen molar-refractivity contribution >= 4 is 24.0 Å². The van der Waals surface area contributed by atoms with Crippen molar-refractivity contribution in [1.82, 2.24) is 10.3 Å². The van der Waals surface area contributed by atoms with Crippen LogP contribution in [0.2, 0.25) is 5.02 Å². The molecule has 3 aliphatic rings. The zero-order valence-electron chi connectivity index (χ0n) is 13.2. The van der Waals surface area contributed by atoms with E-state index < -0.39 is 5.79 Å². The van der Waals surface area contributed by atoms with E-state index in [1.165, 1.54) is 5.56 Å². The molecular weight excluding hydrogens is 347 g/mol. The van der Waals surface area contributed by atoms with Gasteiger partial charge < -0.3 is 14.8 Å². The van der Waals surface area contributed by atoms with E-state index in [4.69, 9.17) is 21.1 Å². The van der Waals surface area contributed by atoms with Crippen LogP contribution in [0.1, 0.15) is 24.1 Å². The minimum absolute atomic E-state index is 0. The van der Waals surface area contributed by atoms with Crippen molar-refractivity contribution in [3.8, 4) is 11.5 Å². The summed E-state index contributed by atoms with van der Waals surface area (Å²) in [6.07, 6.45) is 1.62. The molecule has 1 aromatic carbocycles. The van der Waals surface area contributed by atoms with E-state index in [2.05, 4.69) is 22.4 Å². The fraction of sp³-hybridized carbons (Fsp3) is 0.389. The summed E-state index contributed by atoms with van der Waals surface area (Å²) in [5.74, 6) is 2.86. The summed E-state index contributed by atoms with van der Waals surface area (Å²) in [4.78, 5) is 4.37. The molecular formula is C18H18Cl2N2O2. The Balaban J connectivity index is 0.00000146. The molecule has 4 nitrogen and oxygen atoms in total. The van der Waals surface area contributed by atoms with E-state index in [0.29, 0.717) is 10.9 Å². The van der Waals surface area contributed by atoms with Crippen LogP contribution in [0.25, 0.3) is 0 Å². The molecule has 0 amide bonds. The average Bonchev–Trinajstić information content (AvgIpc) is 2.89. The SMILES string of the molecule is CC1(c2ccc(Cl)cn2)Oc2cccc(C3C4CNCC43)c2O1.Cl. The molecule has 6 heteroatoms. The number of benzene rings is 1. The van der Waals surface area contributed by atoms with Crippen LogP contribution >= 0.6 is 24.0 Å². The van der Waals surface area contributed by atoms with Gasteiger partial charge in [-0.2, -0.15) is 0 Å². The lowest BCUT2D eigenvalue weighted by Gasteiger charge is -2.22. The number of hydrogen-bond acceptors (Lipinski definition) is 4. The first kappa shape index (κ1) is 16.0. The Bertz CT molecular complexity index is 773. The number of pyridine rings is 1. The molecule has 1 N–H and O–H groups in total. The van der Waals surface area contributed by atoms with E-state index in [1.807, 2.05) is 25.1 Å². The van der Waals surface area contributed by atoms with Gasteiger partial charge in [0.1, 0.15) is 5.69 Å². The molecule has 1 saturated carbocycles. The molecule has 2 fully saturated rings. The fourth-order valence-electron chi connectivity index (χ4n) is 4.04. The predicted octanol–water partition coefficient (Wildman–Crippen LogP) is 3.73. The Morgan fingerprint density at radius 1 is 1.17 bits per heavy atom. The summed E-state index contributed by atoms with van der Waals surface area (Å²) in [5.41, 5.74) is 2.00. The van der Waals surface area contributed by atoms with E-state index in [-0.39, 0.29) is 12.4 Å². The number of hydrogen-bond donors (Lipinski definition) is 1. The van der Waals surface area contributed by atoms with Gasteiger partial charge in [0.25, 0.3) is 5.79 Å². The number of piperidine rings is 1. The molecule has 3 atom stereocenters. The van der Waals surface area contributed by atoms with Gasteiger partial charge in [0.05, 0.1) is 5.02 Å². The lowest BCUT2D eigenvalue weighted by Crippen LogP contribution is -2.32. The van der Waals surface area contributed by atoms with Crippen molar-refractivity contribution in [3.05, 3.63) is 52.8 Å². The first-order valence-electron chi connectivity index (χ1n) is 7.99. The average molecular weight is 365 g/mol. The van der Waals surface area contributed by atoms with Crippen LogP contribution in [0, 0.1) is 11.8 Å². The molecule has 3 unspecified atom stereocenters. The molecule has 24 heavy (non-hydrogen) atoms. The number of para-hydroxylation sites is 1. The van der Waals surface area contributed by atoms with Gasteiger partial charge in [-0.3, -0.25) is 4.98 Å². The molecule has 2 aliphatic heterocycles. The zero-order chi connectivity index (χ0) is 15.6. The van der Waals surface area contributed by atoms with E-state index in [9.17, 15) is 0 Å². The monoisotopic (exact) mass is 364 g/mol. The molecule has 0 radical (unpaired) electrons. The summed E-state index contributed by atoms with van der Waals surface area (Å²) in [7, 11) is 0. The molecule has 1 aliphatic carbocycles. The third-order valence-corrected chi connectivity index (χ3v) is 5.48. The van der Waals surface area contributed by atoms with Gasteiger partial charge in [0.2, 0.25) is 0 Å². The Hall–Kier alpha value is -1.49. The van der Waals surface area contributed by atoms with Crippen molar-refractivity contribution in [3.63, 3.8) is 0 Å². The van der Waals surface area contributed by atoms with Gasteiger partial charge >= 0.3 is 0 Å². The van der Waals surface area contributed by atoms with Crippen LogP contribution in [0.3, 0.4) is 0 Å². The number of ether oxygens (including phenoxy) is 2. The molecule has 1 aromatic heterocycles. The highest BCUT2D eigenvalue weighted by Gasteiger charge is 2.55. The molecule has 3 heterocycles. The van der Waals surface area contributed by atoms with Gasteiger partial charge in [-0.1, -0.05) is 23.7 Å². The van der Waals surface area contributed by atoms with Crippen molar-refractivity contribution in [2.45, 2.75) is 18.6 Å². The maximum atomic E-state index is 6.27. The first-order chi connectivity index (χ1) is 11.2. The van der Waals surface area contributed by atoms with Crippen LogP contribution in [0.15, 0.2) is 36.5 Å². The summed E-state index contributed by atoms with van der Waals surface area (Å²) < 4.78 is 12.4. The number of fused-ring (bicyclic) bond motifs is 2. The van der Waals surface area contributed by atoms with E-state index >= 15 is 0 Å². The van der Waals surface area contributed by atoms with Crippen LogP contribution in [0.5, 0.6) is 11.5 Å². The van der Waals surface area contributed by atoms with Crippen molar-refractivity contribution in [1.29, 1.82) is 0 Å². The highest BCUT2D eigenvalue weighted by Crippen LogP contribution is 2.60. The number of aromatic nitrogens is 1. The molecule has 126 valence electrons. The lowest BCUT2D eigenvalue weighted by atomic mass is 10.1. The Kier molecular flexibility index (Phi) is 3.68. The second-order valence-corrected chi connectivity index (χ2v) is 7.13. The first-order valence-corrected chi connectivity index (χ1v) is 8.37. The molecule has 1 saturated heterocycles. The van der Waals surface area contributed by atoms with Crippen LogP contribution in [-0.2, 0) is 5.79 Å². The maximum absolute atomic E-state index is 6.27. The smallest absolute Gasteiger partial charge is 0.292 e. The van der Waals surface area contributed by atoms with Crippen LogP contribution < -0.4 is 14.8 Å². The third kappa shape index (κ3) is 2.28. The quantitative estimate of drug-likeness (QED) is 0.881.